The van der Waals surface area contributed by atoms with Crippen molar-refractivity contribution in [1.82, 2.24) is 0 Å². The average Bonchev–Trinajstić information content (AvgIpc) is 2.57. The van der Waals surface area contributed by atoms with Crippen LogP contribution in [0.25, 0.3) is 0 Å². The molecule has 0 amide bonds. The van der Waals surface area contributed by atoms with E-state index in [2.05, 4.69) is 93.4 Å². The lowest BCUT2D eigenvalue weighted by Gasteiger charge is -2.28. The maximum absolute atomic E-state index is 6.66. The van der Waals surface area contributed by atoms with Gasteiger partial charge in [0.15, 0.2) is 0 Å². The maximum atomic E-state index is 6.66. The van der Waals surface area contributed by atoms with Crippen molar-refractivity contribution in [2.24, 2.45) is 0 Å². The van der Waals surface area contributed by atoms with Gasteiger partial charge in [0.25, 0.3) is 0 Å². The Bertz CT molecular complexity index is 761. The van der Waals surface area contributed by atoms with E-state index < -0.39 is 0 Å². The van der Waals surface area contributed by atoms with Gasteiger partial charge in [-0.15, -0.1) is 0 Å². The molecule has 27 heavy (non-hydrogen) atoms. The Hall–Kier alpha value is -2.16. The molecule has 0 heterocycles. The van der Waals surface area contributed by atoms with E-state index in [-0.39, 0.29) is 0 Å². The Kier molecular flexibility index (Phi) is 5.84. The average molecular weight is 369 g/mol. The normalized spacial score (nSPS) is 11.0. The molecule has 0 N–H and O–H groups in total. The lowest BCUT2D eigenvalue weighted by atomic mass is 9.95. The van der Waals surface area contributed by atoms with Gasteiger partial charge < -0.3 is 14.5 Å². The first-order valence-electron chi connectivity index (χ1n) is 9.64. The van der Waals surface area contributed by atoms with Gasteiger partial charge in [-0.1, -0.05) is 0 Å². The smallest absolute Gasteiger partial charge is 0.133 e. The van der Waals surface area contributed by atoms with Crippen LogP contribution >= 0.6 is 0 Å². The van der Waals surface area contributed by atoms with Crippen LogP contribution < -0.4 is 14.5 Å². The number of hydrogen-bond acceptors (Lipinski definition) is 3. The number of anilines is 2. The van der Waals surface area contributed by atoms with Gasteiger partial charge in [0.1, 0.15) is 11.5 Å². The van der Waals surface area contributed by atoms with E-state index in [0.29, 0.717) is 0 Å². The van der Waals surface area contributed by atoms with Gasteiger partial charge in [-0.2, -0.15) is 0 Å². The van der Waals surface area contributed by atoms with Crippen molar-refractivity contribution in [3.8, 4) is 11.5 Å². The first-order chi connectivity index (χ1) is 12.4. The predicted molar refractivity (Wildman–Crippen MR) is 120 cm³/mol. The van der Waals surface area contributed by atoms with Crippen LogP contribution in [-0.4, -0.2) is 28.2 Å². The van der Waals surface area contributed by atoms with Gasteiger partial charge in [0, 0.05) is 39.6 Å². The molecule has 2 aromatic rings. The van der Waals surface area contributed by atoms with Crippen LogP contribution in [0.5, 0.6) is 11.5 Å². The third kappa shape index (κ3) is 3.40. The molecular weight excluding hydrogens is 332 g/mol. The number of benzene rings is 2. The van der Waals surface area contributed by atoms with Gasteiger partial charge in [0.2, 0.25) is 0 Å². The zero-order valence-electron chi connectivity index (χ0n) is 19.3. The van der Waals surface area contributed by atoms with Gasteiger partial charge in [-0.25, -0.2) is 0 Å². The molecule has 0 spiro atoms. The van der Waals surface area contributed by atoms with Crippen LogP contribution in [0.3, 0.4) is 0 Å². The highest BCUT2D eigenvalue weighted by atomic mass is 16.5. The quantitative estimate of drug-likeness (QED) is 0.650. The minimum atomic E-state index is 0.998. The molecule has 148 valence electrons. The largest absolute Gasteiger partial charge is 0.456 e. The summed E-state index contributed by atoms with van der Waals surface area (Å²) in [6.07, 6.45) is 0. The fraction of sp³-hybridized carbons (Fsp3) is 0.500. The first-order valence-corrected chi connectivity index (χ1v) is 9.64. The second-order valence-corrected chi connectivity index (χ2v) is 8.25. The third-order valence-corrected chi connectivity index (χ3v) is 6.13. The molecule has 0 fully saturated rings. The summed E-state index contributed by atoms with van der Waals surface area (Å²) in [6, 6.07) is 0. The molecule has 0 aliphatic rings. The van der Waals surface area contributed by atoms with Crippen LogP contribution in [0.15, 0.2) is 0 Å². The fourth-order valence-electron chi connectivity index (χ4n) is 4.27. The lowest BCUT2D eigenvalue weighted by molar-refractivity contribution is 0.465. The molecule has 0 bridgehead atoms. The van der Waals surface area contributed by atoms with Gasteiger partial charge in [-0.3, -0.25) is 0 Å². The second-order valence-electron chi connectivity index (χ2n) is 8.25. The topological polar surface area (TPSA) is 15.7 Å². The van der Waals surface area contributed by atoms with E-state index in [0.717, 1.165) is 11.5 Å². The van der Waals surface area contributed by atoms with Crippen molar-refractivity contribution in [3.05, 3.63) is 44.5 Å². The van der Waals surface area contributed by atoms with Crippen molar-refractivity contribution in [2.75, 3.05) is 38.0 Å². The van der Waals surface area contributed by atoms with E-state index in [9.17, 15) is 0 Å². The summed E-state index contributed by atoms with van der Waals surface area (Å²) in [7, 11) is 8.43. The highest BCUT2D eigenvalue weighted by Gasteiger charge is 2.22. The summed E-state index contributed by atoms with van der Waals surface area (Å²) in [6.45, 7) is 17.4. The molecule has 0 aliphatic carbocycles. The summed E-state index contributed by atoms with van der Waals surface area (Å²) < 4.78 is 6.66. The van der Waals surface area contributed by atoms with Gasteiger partial charge in [-0.05, 0) is 99.9 Å². The van der Waals surface area contributed by atoms with Gasteiger partial charge in [0.05, 0.1) is 0 Å². The van der Waals surface area contributed by atoms with Crippen molar-refractivity contribution < 1.29 is 4.74 Å². The highest BCUT2D eigenvalue weighted by Crippen LogP contribution is 2.43. The SMILES string of the molecule is Cc1c(C)c(N(C)C)c(C)c(C)c1Oc1c(C)c(C)c(N(C)C)c(C)c1C. The van der Waals surface area contributed by atoms with Crippen molar-refractivity contribution in [1.29, 1.82) is 0 Å². The van der Waals surface area contributed by atoms with Crippen LogP contribution in [0.1, 0.15) is 44.5 Å². The summed E-state index contributed by atoms with van der Waals surface area (Å²) in [4.78, 5) is 4.40. The number of ether oxygens (including phenoxy) is 1. The van der Waals surface area contributed by atoms with Crippen LogP contribution in [0.4, 0.5) is 11.4 Å². The molecule has 3 heteroatoms. The molecule has 0 atom stereocenters. The predicted octanol–water partition coefficient (Wildman–Crippen LogP) is 6.08. The van der Waals surface area contributed by atoms with E-state index in [4.69, 9.17) is 4.74 Å². The van der Waals surface area contributed by atoms with Crippen molar-refractivity contribution >= 4 is 11.4 Å². The van der Waals surface area contributed by atoms with Crippen LogP contribution in [-0.2, 0) is 0 Å². The summed E-state index contributed by atoms with van der Waals surface area (Å²) >= 11 is 0. The maximum Gasteiger partial charge on any atom is 0.133 e. The Morgan fingerprint density at radius 2 is 0.630 bits per heavy atom. The minimum Gasteiger partial charge on any atom is -0.456 e. The molecule has 0 saturated carbocycles. The molecule has 0 saturated heterocycles. The number of nitrogens with zero attached hydrogens (tertiary/aromatic N) is 2. The molecule has 3 nitrogen and oxygen atoms in total. The van der Waals surface area contributed by atoms with E-state index >= 15 is 0 Å². The Labute approximate surface area is 166 Å². The molecule has 0 aliphatic heterocycles. The summed E-state index contributed by atoms with van der Waals surface area (Å²) in [5.41, 5.74) is 12.6. The summed E-state index contributed by atoms with van der Waals surface area (Å²) in [5, 5.41) is 0. The molecule has 0 radical (unpaired) electrons. The zero-order chi connectivity index (χ0) is 20.8. The van der Waals surface area contributed by atoms with Crippen molar-refractivity contribution in [2.45, 2.75) is 55.4 Å². The summed E-state index contributed by atoms with van der Waals surface area (Å²) in [5.74, 6) is 2.00. The fourth-order valence-corrected chi connectivity index (χ4v) is 4.27. The number of hydrogen-bond donors (Lipinski definition) is 0. The van der Waals surface area contributed by atoms with Crippen molar-refractivity contribution in [3.63, 3.8) is 0 Å². The molecule has 0 aromatic heterocycles. The Balaban J connectivity index is 2.73. The van der Waals surface area contributed by atoms with E-state index in [1.165, 1.54) is 55.9 Å². The molecular formula is C24H36N2O. The van der Waals surface area contributed by atoms with E-state index in [1.54, 1.807) is 0 Å². The first kappa shape index (κ1) is 21.1. The van der Waals surface area contributed by atoms with Crippen LogP contribution in [0.2, 0.25) is 0 Å². The standard InChI is InChI=1S/C24H36N2O/c1-13-17(5)23(18(6)14(2)21(13)25(9)10)27-24-19(7)15(3)22(26(11)12)16(4)20(24)8/h1-12H3. The third-order valence-electron chi connectivity index (χ3n) is 6.13. The zero-order valence-corrected chi connectivity index (χ0v) is 19.3. The molecule has 2 rings (SSSR count). The second kappa shape index (κ2) is 7.46. The number of rotatable bonds is 4. The van der Waals surface area contributed by atoms with Gasteiger partial charge >= 0.3 is 0 Å². The molecule has 2 aromatic carbocycles. The van der Waals surface area contributed by atoms with E-state index in [1.807, 2.05) is 0 Å². The van der Waals surface area contributed by atoms with Crippen LogP contribution in [0, 0.1) is 55.4 Å². The lowest BCUT2D eigenvalue weighted by Crippen LogP contribution is -2.15. The Morgan fingerprint density at radius 1 is 0.407 bits per heavy atom. The molecule has 0 unspecified atom stereocenters. The highest BCUT2D eigenvalue weighted by molar-refractivity contribution is 5.71. The minimum absolute atomic E-state index is 0.998. The Morgan fingerprint density at radius 3 is 0.815 bits per heavy atom. The monoisotopic (exact) mass is 368 g/mol.